The van der Waals surface area contributed by atoms with E-state index >= 15 is 0 Å². The van der Waals surface area contributed by atoms with Gasteiger partial charge < -0.3 is 9.31 Å². The molecule has 0 atom stereocenters. The molecule has 3 nitrogen and oxygen atoms in total. The van der Waals surface area contributed by atoms with Crippen molar-refractivity contribution in [2.75, 3.05) is 0 Å². The zero-order valence-electron chi connectivity index (χ0n) is 11.4. The van der Waals surface area contributed by atoms with E-state index in [9.17, 15) is 4.39 Å². The molecule has 1 saturated heterocycles. The Kier molecular flexibility index (Phi) is 4.04. The quantitative estimate of drug-likeness (QED) is 0.588. The summed E-state index contributed by atoms with van der Waals surface area (Å²) in [6.07, 6.45) is 1.59. The Hall–Kier alpha value is -0.465. The van der Waals surface area contributed by atoms with Crippen molar-refractivity contribution in [1.82, 2.24) is 4.98 Å². The SMILES string of the molecule is CC1(C)OB(c2ccc(C(F)=CI)nc2)OC1(C)C. The number of hydrogen-bond acceptors (Lipinski definition) is 3. The smallest absolute Gasteiger partial charge is 0.399 e. The lowest BCUT2D eigenvalue weighted by Gasteiger charge is -2.32. The normalized spacial score (nSPS) is 21.8. The van der Waals surface area contributed by atoms with Crippen LogP contribution in [0.3, 0.4) is 0 Å². The van der Waals surface area contributed by atoms with E-state index in [1.165, 1.54) is 4.08 Å². The lowest BCUT2D eigenvalue weighted by Crippen LogP contribution is -2.41. The molecule has 0 spiro atoms. The van der Waals surface area contributed by atoms with E-state index in [-0.39, 0.29) is 17.0 Å². The van der Waals surface area contributed by atoms with Gasteiger partial charge in [0.05, 0.1) is 16.9 Å². The minimum atomic E-state index is -0.460. The van der Waals surface area contributed by atoms with Crippen LogP contribution in [0.15, 0.2) is 22.4 Å². The number of nitrogens with zero attached hydrogens (tertiary/aromatic N) is 1. The predicted molar refractivity (Wildman–Crippen MR) is 83.1 cm³/mol. The summed E-state index contributed by atoms with van der Waals surface area (Å²) < 4.78 is 26.5. The molecule has 1 aliphatic heterocycles. The highest BCUT2D eigenvalue weighted by molar-refractivity contribution is 14.1. The third kappa shape index (κ3) is 2.85. The van der Waals surface area contributed by atoms with Crippen LogP contribution >= 0.6 is 22.6 Å². The summed E-state index contributed by atoms with van der Waals surface area (Å²) in [5.74, 6) is -0.346. The van der Waals surface area contributed by atoms with Gasteiger partial charge in [-0.3, -0.25) is 4.98 Å². The van der Waals surface area contributed by atoms with Crippen molar-refractivity contribution in [3.05, 3.63) is 28.1 Å². The summed E-state index contributed by atoms with van der Waals surface area (Å²) >= 11 is 1.85. The fraction of sp³-hybridized carbons (Fsp3) is 0.462. The monoisotopic (exact) mass is 375 g/mol. The van der Waals surface area contributed by atoms with Crippen molar-refractivity contribution < 1.29 is 13.7 Å². The lowest BCUT2D eigenvalue weighted by atomic mass is 9.80. The van der Waals surface area contributed by atoms with Crippen LogP contribution in [0, 0.1) is 0 Å². The van der Waals surface area contributed by atoms with E-state index in [1.54, 1.807) is 18.3 Å². The molecule has 0 saturated carbocycles. The predicted octanol–water partition coefficient (Wildman–Crippen LogP) is 3.08. The lowest BCUT2D eigenvalue weighted by molar-refractivity contribution is 0.00578. The third-order valence-electron chi connectivity index (χ3n) is 3.65. The topological polar surface area (TPSA) is 31.4 Å². The number of aromatic nitrogens is 1. The van der Waals surface area contributed by atoms with E-state index < -0.39 is 7.12 Å². The zero-order chi connectivity index (χ0) is 14.3. The molecule has 19 heavy (non-hydrogen) atoms. The Labute approximate surface area is 126 Å². The van der Waals surface area contributed by atoms with Crippen LogP contribution in [0.4, 0.5) is 4.39 Å². The van der Waals surface area contributed by atoms with Crippen molar-refractivity contribution in [3.63, 3.8) is 0 Å². The maximum absolute atomic E-state index is 13.3. The molecule has 0 aromatic carbocycles. The van der Waals surface area contributed by atoms with Gasteiger partial charge in [-0.05, 0) is 56.4 Å². The molecule has 2 heterocycles. The zero-order valence-corrected chi connectivity index (χ0v) is 13.6. The number of hydrogen-bond donors (Lipinski definition) is 0. The van der Waals surface area contributed by atoms with Crippen molar-refractivity contribution in [2.24, 2.45) is 0 Å². The summed E-state index contributed by atoms with van der Waals surface area (Å²) in [6, 6.07) is 3.41. The van der Waals surface area contributed by atoms with Crippen LogP contribution in [-0.4, -0.2) is 23.3 Å². The minimum absolute atomic E-state index is 0.315. The first-order valence-electron chi connectivity index (χ1n) is 6.05. The Balaban J connectivity index is 2.21. The summed E-state index contributed by atoms with van der Waals surface area (Å²) in [5.41, 5.74) is 0.339. The second-order valence-corrected chi connectivity index (χ2v) is 6.14. The number of pyridine rings is 1. The molecule has 2 rings (SSSR count). The van der Waals surface area contributed by atoms with Gasteiger partial charge in [-0.25, -0.2) is 4.39 Å². The first-order chi connectivity index (χ1) is 8.77. The second kappa shape index (κ2) is 5.14. The highest BCUT2D eigenvalue weighted by atomic mass is 127. The van der Waals surface area contributed by atoms with Crippen molar-refractivity contribution in [3.8, 4) is 0 Å². The molecule has 1 aliphatic rings. The van der Waals surface area contributed by atoms with Crippen molar-refractivity contribution in [2.45, 2.75) is 38.9 Å². The Morgan fingerprint density at radius 2 is 1.84 bits per heavy atom. The number of halogens is 2. The summed E-state index contributed by atoms with van der Waals surface area (Å²) in [5, 5.41) is 0. The van der Waals surface area contributed by atoms with Gasteiger partial charge in [-0.2, -0.15) is 0 Å². The van der Waals surface area contributed by atoms with Crippen molar-refractivity contribution in [1.29, 1.82) is 0 Å². The summed E-state index contributed by atoms with van der Waals surface area (Å²) in [7, 11) is -0.460. The van der Waals surface area contributed by atoms with Crippen LogP contribution in [0.25, 0.3) is 5.83 Å². The Morgan fingerprint density at radius 1 is 1.26 bits per heavy atom. The molecule has 0 bridgehead atoms. The molecule has 0 N–H and O–H groups in total. The van der Waals surface area contributed by atoms with Gasteiger partial charge in [0.15, 0.2) is 5.83 Å². The van der Waals surface area contributed by atoms with E-state index in [4.69, 9.17) is 9.31 Å². The standard InChI is InChI=1S/C13H16BFINO2/c1-12(2)13(3,4)19-14(18-12)9-5-6-11(17-8-9)10(15)7-16/h5-8H,1-4H3. The fourth-order valence-corrected chi connectivity index (χ4v) is 2.04. The molecular formula is C13H16BFINO2. The molecule has 1 fully saturated rings. The Bertz CT molecular complexity index is 486. The molecule has 6 heteroatoms. The average Bonchev–Trinajstić information content (AvgIpc) is 2.58. The average molecular weight is 375 g/mol. The molecule has 0 radical (unpaired) electrons. The van der Waals surface area contributed by atoms with Gasteiger partial charge in [0.1, 0.15) is 0 Å². The molecule has 102 valence electrons. The van der Waals surface area contributed by atoms with Gasteiger partial charge >= 0.3 is 7.12 Å². The minimum Gasteiger partial charge on any atom is -0.399 e. The second-order valence-electron chi connectivity index (χ2n) is 5.52. The Morgan fingerprint density at radius 3 is 2.26 bits per heavy atom. The van der Waals surface area contributed by atoms with Crippen LogP contribution in [0.5, 0.6) is 0 Å². The van der Waals surface area contributed by atoms with E-state index in [2.05, 4.69) is 4.98 Å². The molecular weight excluding hydrogens is 359 g/mol. The van der Waals surface area contributed by atoms with Crippen LogP contribution in [0.1, 0.15) is 33.4 Å². The number of rotatable bonds is 2. The highest BCUT2D eigenvalue weighted by Gasteiger charge is 2.51. The van der Waals surface area contributed by atoms with Crippen LogP contribution in [-0.2, 0) is 9.31 Å². The maximum Gasteiger partial charge on any atom is 0.496 e. The first-order valence-corrected chi connectivity index (χ1v) is 7.29. The van der Waals surface area contributed by atoms with Crippen molar-refractivity contribution >= 4 is 41.0 Å². The molecule has 1 aromatic rings. The van der Waals surface area contributed by atoms with Gasteiger partial charge in [0, 0.05) is 15.7 Å². The largest absolute Gasteiger partial charge is 0.496 e. The van der Waals surface area contributed by atoms with Gasteiger partial charge in [0.2, 0.25) is 0 Å². The van der Waals surface area contributed by atoms with E-state index in [0.29, 0.717) is 5.69 Å². The fourth-order valence-electron chi connectivity index (χ4n) is 1.72. The van der Waals surface area contributed by atoms with Crippen LogP contribution in [0.2, 0.25) is 0 Å². The summed E-state index contributed by atoms with van der Waals surface area (Å²) in [4.78, 5) is 4.08. The molecule has 1 aromatic heterocycles. The molecule has 0 unspecified atom stereocenters. The highest BCUT2D eigenvalue weighted by Crippen LogP contribution is 2.36. The first kappa shape index (κ1) is 14.9. The van der Waals surface area contributed by atoms with E-state index in [0.717, 1.165) is 5.46 Å². The molecule has 0 amide bonds. The summed E-state index contributed by atoms with van der Waals surface area (Å²) in [6.45, 7) is 7.97. The van der Waals surface area contributed by atoms with Gasteiger partial charge in [-0.15, -0.1) is 0 Å². The van der Waals surface area contributed by atoms with E-state index in [1.807, 2.05) is 50.3 Å². The van der Waals surface area contributed by atoms with Gasteiger partial charge in [-0.1, -0.05) is 6.07 Å². The maximum atomic E-state index is 13.3. The van der Waals surface area contributed by atoms with Crippen LogP contribution < -0.4 is 5.46 Å². The third-order valence-corrected chi connectivity index (χ3v) is 4.20. The van der Waals surface area contributed by atoms with Gasteiger partial charge in [0.25, 0.3) is 0 Å². The molecule has 0 aliphatic carbocycles.